The molecule has 0 saturated heterocycles. The Bertz CT molecular complexity index is 1710. The van der Waals surface area contributed by atoms with E-state index in [4.69, 9.17) is 33.2 Å². The van der Waals surface area contributed by atoms with Gasteiger partial charge in [0.25, 0.3) is 0 Å². The predicted molar refractivity (Wildman–Crippen MR) is 256 cm³/mol. The number of aliphatic hydroxyl groups is 3. The molecule has 0 aromatic rings. The van der Waals surface area contributed by atoms with E-state index in [0.29, 0.717) is 37.7 Å². The van der Waals surface area contributed by atoms with Gasteiger partial charge in [-0.3, -0.25) is 9.59 Å². The molecule has 67 heavy (non-hydrogen) atoms. The molecule has 0 spiro atoms. The van der Waals surface area contributed by atoms with Crippen molar-refractivity contribution in [2.75, 3.05) is 42.6 Å². The van der Waals surface area contributed by atoms with E-state index >= 15 is 0 Å². The molecule has 0 aromatic heterocycles. The first kappa shape index (κ1) is 59.3. The van der Waals surface area contributed by atoms with Crippen molar-refractivity contribution < 1.29 is 67.7 Å². The molecule has 2 aliphatic heterocycles. The van der Waals surface area contributed by atoms with Crippen molar-refractivity contribution in [3.63, 3.8) is 0 Å². The number of rotatable bonds is 17. The molecular formula is C52H83NO14. The summed E-state index contributed by atoms with van der Waals surface area (Å²) in [5.41, 5.74) is 1.35. The van der Waals surface area contributed by atoms with E-state index < -0.39 is 84.6 Å². The topological polar surface area (TPSA) is 197 Å². The van der Waals surface area contributed by atoms with E-state index in [1.165, 1.54) is 17.1 Å². The van der Waals surface area contributed by atoms with E-state index in [0.717, 1.165) is 5.57 Å². The largest absolute Gasteiger partial charge is 0.458 e. The van der Waals surface area contributed by atoms with Crippen LogP contribution in [0.1, 0.15) is 93.4 Å². The molecule has 15 heteroatoms. The minimum absolute atomic E-state index is 0.0312. The van der Waals surface area contributed by atoms with E-state index in [-0.39, 0.29) is 48.9 Å². The number of ketones is 1. The Morgan fingerprint density at radius 1 is 0.881 bits per heavy atom. The van der Waals surface area contributed by atoms with Crippen molar-refractivity contribution in [2.45, 2.75) is 154 Å². The number of esters is 2. The molecule has 2 rings (SSSR count). The van der Waals surface area contributed by atoms with Crippen LogP contribution >= 0.6 is 0 Å². The zero-order valence-corrected chi connectivity index (χ0v) is 42.3. The lowest BCUT2D eigenvalue weighted by atomic mass is 9.81. The van der Waals surface area contributed by atoms with Crippen LogP contribution in [0.2, 0.25) is 0 Å². The molecule has 2 bridgehead atoms. The SMILES string of the molecule is COC1C=CC(C)C(O)CC(O)C=CC(C)C(C(C)C(OC)C(C)CCC(=O)C(C)C(CC=CN(C)C=O)OC)OC(=O)C=CC=C(C)CC(OC)CC2=CC(=O)OC(C2O)C(C)C(OC)C1. The van der Waals surface area contributed by atoms with E-state index in [9.17, 15) is 34.5 Å². The second-order valence-corrected chi connectivity index (χ2v) is 18.6. The Hall–Kier alpha value is -3.80. The fourth-order valence-electron chi connectivity index (χ4n) is 8.96. The second kappa shape index (κ2) is 30.6. The van der Waals surface area contributed by atoms with Crippen LogP contribution in [0.4, 0.5) is 0 Å². The Balaban J connectivity index is 2.46. The Morgan fingerprint density at radius 3 is 2.18 bits per heavy atom. The van der Waals surface area contributed by atoms with Gasteiger partial charge in [0.2, 0.25) is 6.41 Å². The van der Waals surface area contributed by atoms with Crippen molar-refractivity contribution in [2.24, 2.45) is 35.5 Å². The molecular weight excluding hydrogens is 863 g/mol. The summed E-state index contributed by atoms with van der Waals surface area (Å²) < 4.78 is 41.0. The average Bonchev–Trinajstić information content (AvgIpc) is 3.30. The molecule has 0 radical (unpaired) electrons. The van der Waals surface area contributed by atoms with Crippen LogP contribution in [0.5, 0.6) is 0 Å². The summed E-state index contributed by atoms with van der Waals surface area (Å²) in [5.74, 6) is -3.22. The number of hydrogen-bond acceptors (Lipinski definition) is 14. The van der Waals surface area contributed by atoms with E-state index in [2.05, 4.69) is 0 Å². The molecule has 2 heterocycles. The van der Waals surface area contributed by atoms with Gasteiger partial charge >= 0.3 is 11.9 Å². The molecule has 380 valence electrons. The summed E-state index contributed by atoms with van der Waals surface area (Å²) in [7, 11) is 9.48. The van der Waals surface area contributed by atoms with Crippen molar-refractivity contribution >= 4 is 24.1 Å². The zero-order chi connectivity index (χ0) is 50.4. The normalized spacial score (nSPS) is 31.1. The van der Waals surface area contributed by atoms with Crippen LogP contribution in [0.3, 0.4) is 0 Å². The Labute approximate surface area is 400 Å². The Kier molecular flexibility index (Phi) is 27.1. The lowest BCUT2D eigenvalue weighted by Gasteiger charge is -2.37. The van der Waals surface area contributed by atoms with Crippen molar-refractivity contribution in [3.8, 4) is 0 Å². The first-order valence-electron chi connectivity index (χ1n) is 23.6. The number of ether oxygens (including phenoxy) is 7. The maximum absolute atomic E-state index is 13.6. The van der Waals surface area contributed by atoms with Crippen LogP contribution in [0.15, 0.2) is 72.0 Å². The fourth-order valence-corrected chi connectivity index (χ4v) is 8.96. The third-order valence-electron chi connectivity index (χ3n) is 13.5. The average molecular weight is 946 g/mol. The number of allylic oxidation sites excluding steroid dienone is 2. The highest BCUT2D eigenvalue weighted by Crippen LogP contribution is 2.33. The standard InChI is InChI=1S/C52H83NO14/c1-32-16-14-18-47(58)66-51(38(7)50(65-13)34(3)21-24-43(56)36(5)45(63-11)17-15-25-53(8)31-54)35(4)19-22-40(55)29-44(57)33(2)20-23-41(61-9)30-46(64-12)37(6)52-49(60)39(28-48(59)67-52)27-42(26-32)62-10/h14-16,18-20,22-23,25,28,31,33-38,40-42,44-46,49-52,55,57,60H,17,21,24,26-27,29-30H2,1-13H3. The van der Waals surface area contributed by atoms with Crippen molar-refractivity contribution in [3.05, 3.63) is 72.0 Å². The number of nitrogens with zero attached hydrogens (tertiary/aromatic N) is 1. The molecule has 0 fully saturated rings. The number of aliphatic hydroxyl groups excluding tert-OH is 3. The molecule has 0 saturated carbocycles. The number of Topliss-reactive ketones (excluding diaryl/α,β-unsaturated/α-hetero) is 1. The van der Waals surface area contributed by atoms with Crippen LogP contribution in [-0.2, 0) is 52.3 Å². The number of methoxy groups -OCH3 is 5. The number of hydrogen-bond donors (Lipinski definition) is 3. The highest BCUT2D eigenvalue weighted by Gasteiger charge is 2.40. The monoisotopic (exact) mass is 946 g/mol. The molecule has 15 nitrogen and oxygen atoms in total. The number of amides is 1. The molecule has 2 aliphatic rings. The number of carbonyl (C=O) groups excluding carboxylic acids is 4. The van der Waals surface area contributed by atoms with Crippen LogP contribution < -0.4 is 0 Å². The lowest BCUT2D eigenvalue weighted by Crippen LogP contribution is -2.46. The quantitative estimate of drug-likeness (QED) is 0.0840. The van der Waals surface area contributed by atoms with Gasteiger partial charge in [0.05, 0.1) is 42.7 Å². The van der Waals surface area contributed by atoms with Crippen molar-refractivity contribution in [1.29, 1.82) is 0 Å². The molecule has 16 unspecified atom stereocenters. The molecule has 0 aliphatic carbocycles. The number of cyclic esters (lactones) is 1. The minimum Gasteiger partial charge on any atom is -0.458 e. The smallest absolute Gasteiger partial charge is 0.331 e. The second-order valence-electron chi connectivity index (χ2n) is 18.6. The van der Waals surface area contributed by atoms with Gasteiger partial charge in [-0.05, 0) is 44.1 Å². The highest BCUT2D eigenvalue weighted by molar-refractivity contribution is 5.84. The summed E-state index contributed by atoms with van der Waals surface area (Å²) in [6.45, 7) is 13.3. The third-order valence-corrected chi connectivity index (χ3v) is 13.5. The Morgan fingerprint density at radius 2 is 1.57 bits per heavy atom. The summed E-state index contributed by atoms with van der Waals surface area (Å²) in [4.78, 5) is 52.2. The summed E-state index contributed by atoms with van der Waals surface area (Å²) in [6.07, 6.45) is 12.8. The van der Waals surface area contributed by atoms with E-state index in [1.807, 2.05) is 60.6 Å². The maximum atomic E-state index is 13.6. The number of carbonyl (C=O) groups is 4. The first-order valence-corrected chi connectivity index (χ1v) is 23.6. The highest BCUT2D eigenvalue weighted by atomic mass is 16.6. The molecule has 16 atom stereocenters. The fraction of sp³-hybridized carbons (Fsp3) is 0.692. The van der Waals surface area contributed by atoms with Crippen LogP contribution in [0, 0.1) is 35.5 Å². The van der Waals surface area contributed by atoms with Crippen molar-refractivity contribution in [1.82, 2.24) is 4.90 Å². The van der Waals surface area contributed by atoms with Gasteiger partial charge in [-0.2, -0.15) is 0 Å². The van der Waals surface area contributed by atoms with Gasteiger partial charge in [0.1, 0.15) is 24.1 Å². The lowest BCUT2D eigenvalue weighted by molar-refractivity contribution is -0.160. The zero-order valence-electron chi connectivity index (χ0n) is 42.3. The van der Waals surface area contributed by atoms with Gasteiger partial charge in [0.15, 0.2) is 0 Å². The van der Waals surface area contributed by atoms with Gasteiger partial charge < -0.3 is 53.4 Å². The van der Waals surface area contributed by atoms with Gasteiger partial charge in [-0.1, -0.05) is 89.6 Å². The summed E-state index contributed by atoms with van der Waals surface area (Å²) in [5, 5.41) is 33.8. The molecule has 1 amide bonds. The van der Waals surface area contributed by atoms with Gasteiger partial charge in [-0.15, -0.1) is 0 Å². The molecule has 3 N–H and O–H groups in total. The summed E-state index contributed by atoms with van der Waals surface area (Å²) in [6, 6.07) is 0. The maximum Gasteiger partial charge on any atom is 0.331 e. The van der Waals surface area contributed by atoms with Crippen LogP contribution in [-0.4, -0.2) is 148 Å². The van der Waals surface area contributed by atoms with Crippen LogP contribution in [0.25, 0.3) is 0 Å². The predicted octanol–water partition coefficient (Wildman–Crippen LogP) is 6.25. The third kappa shape index (κ3) is 19.6. The minimum atomic E-state index is -1.11. The first-order chi connectivity index (χ1) is 31.7. The number of fused-ring (bicyclic) bond motifs is 2. The van der Waals surface area contributed by atoms with E-state index in [1.54, 1.807) is 79.2 Å². The van der Waals surface area contributed by atoms with Gasteiger partial charge in [0, 0.05) is 110 Å². The summed E-state index contributed by atoms with van der Waals surface area (Å²) >= 11 is 0. The molecule has 0 aromatic carbocycles. The van der Waals surface area contributed by atoms with Gasteiger partial charge in [-0.25, -0.2) is 9.59 Å².